The van der Waals surface area contributed by atoms with Crippen LogP contribution in [0.2, 0.25) is 0 Å². The van der Waals surface area contributed by atoms with Crippen LogP contribution in [0.1, 0.15) is 24.7 Å². The molecule has 0 saturated carbocycles. The molecule has 0 bridgehead atoms. The highest BCUT2D eigenvalue weighted by atomic mass is 16.5. The maximum absolute atomic E-state index is 6.06. The molecule has 0 fully saturated rings. The number of aryl methyl sites for hydroxylation is 1. The van der Waals surface area contributed by atoms with Gasteiger partial charge in [-0.3, -0.25) is 0 Å². The van der Waals surface area contributed by atoms with Crippen LogP contribution in [0.4, 0.5) is 5.82 Å². The standard InChI is InChI=1S/C14H18N4O/c1-2-3-12-17-13(14(15)18(12)16)10-4-5-11-9(8-10)6-7-19-11/h4-5,8H,2-3,6-7,15-16H2,1H3. The third-order valence-electron chi connectivity index (χ3n) is 3.46. The van der Waals surface area contributed by atoms with E-state index in [2.05, 4.69) is 18.0 Å². The number of fused-ring (bicyclic) bond motifs is 1. The lowest BCUT2D eigenvalue weighted by Crippen LogP contribution is -2.15. The Hall–Kier alpha value is -2.17. The summed E-state index contributed by atoms with van der Waals surface area (Å²) in [5.41, 5.74) is 9.03. The van der Waals surface area contributed by atoms with Crippen molar-refractivity contribution in [2.24, 2.45) is 0 Å². The van der Waals surface area contributed by atoms with Gasteiger partial charge in [0.05, 0.1) is 6.61 Å². The van der Waals surface area contributed by atoms with Crippen LogP contribution in [0.25, 0.3) is 11.3 Å². The van der Waals surface area contributed by atoms with Gasteiger partial charge >= 0.3 is 0 Å². The zero-order valence-electron chi connectivity index (χ0n) is 11.0. The molecule has 0 amide bonds. The number of nitrogens with zero attached hydrogens (tertiary/aromatic N) is 2. The van der Waals surface area contributed by atoms with Gasteiger partial charge in [-0.05, 0) is 30.2 Å². The van der Waals surface area contributed by atoms with Crippen molar-refractivity contribution < 1.29 is 4.74 Å². The molecule has 0 aliphatic carbocycles. The van der Waals surface area contributed by atoms with Gasteiger partial charge in [-0.1, -0.05) is 6.92 Å². The van der Waals surface area contributed by atoms with Gasteiger partial charge in [-0.2, -0.15) is 0 Å². The minimum absolute atomic E-state index is 0.516. The van der Waals surface area contributed by atoms with Crippen molar-refractivity contribution in [2.45, 2.75) is 26.2 Å². The van der Waals surface area contributed by atoms with Crippen molar-refractivity contribution in [2.75, 3.05) is 18.2 Å². The molecule has 3 rings (SSSR count). The first-order valence-corrected chi connectivity index (χ1v) is 6.59. The number of nitrogen functional groups attached to an aromatic ring is 2. The Morgan fingerprint density at radius 1 is 1.42 bits per heavy atom. The Morgan fingerprint density at radius 2 is 2.26 bits per heavy atom. The summed E-state index contributed by atoms with van der Waals surface area (Å²) in [6.07, 6.45) is 2.76. The third kappa shape index (κ3) is 1.91. The van der Waals surface area contributed by atoms with Crippen molar-refractivity contribution in [3.05, 3.63) is 29.6 Å². The maximum atomic E-state index is 6.06. The summed E-state index contributed by atoms with van der Waals surface area (Å²) in [4.78, 5) is 4.57. The van der Waals surface area contributed by atoms with Gasteiger partial charge in [0.1, 0.15) is 17.3 Å². The summed E-state index contributed by atoms with van der Waals surface area (Å²) in [5, 5.41) is 0. The van der Waals surface area contributed by atoms with Crippen molar-refractivity contribution in [1.82, 2.24) is 9.66 Å². The van der Waals surface area contributed by atoms with Gasteiger partial charge in [-0.15, -0.1) is 0 Å². The van der Waals surface area contributed by atoms with Gasteiger partial charge in [0.25, 0.3) is 0 Å². The molecule has 5 heteroatoms. The van der Waals surface area contributed by atoms with Crippen LogP contribution in [-0.4, -0.2) is 16.3 Å². The topological polar surface area (TPSA) is 79.1 Å². The predicted molar refractivity (Wildman–Crippen MR) is 75.4 cm³/mol. The van der Waals surface area contributed by atoms with Crippen molar-refractivity contribution >= 4 is 5.82 Å². The van der Waals surface area contributed by atoms with E-state index in [1.165, 1.54) is 10.2 Å². The molecule has 0 saturated heterocycles. The summed E-state index contributed by atoms with van der Waals surface area (Å²) in [7, 11) is 0. The Bertz CT molecular complexity index is 618. The smallest absolute Gasteiger partial charge is 0.150 e. The Morgan fingerprint density at radius 3 is 3.05 bits per heavy atom. The fraction of sp³-hybridized carbons (Fsp3) is 0.357. The summed E-state index contributed by atoms with van der Waals surface area (Å²) >= 11 is 0. The number of rotatable bonds is 3. The highest BCUT2D eigenvalue weighted by Gasteiger charge is 2.17. The lowest BCUT2D eigenvalue weighted by molar-refractivity contribution is 0.357. The summed E-state index contributed by atoms with van der Waals surface area (Å²) in [5.74, 6) is 8.25. The summed E-state index contributed by atoms with van der Waals surface area (Å²) in [6, 6.07) is 6.06. The number of benzene rings is 1. The molecule has 4 N–H and O–H groups in total. The number of imidazole rings is 1. The third-order valence-corrected chi connectivity index (χ3v) is 3.46. The van der Waals surface area contributed by atoms with E-state index >= 15 is 0 Å². The number of aromatic nitrogens is 2. The van der Waals surface area contributed by atoms with E-state index in [1.807, 2.05) is 12.1 Å². The average molecular weight is 258 g/mol. The molecule has 1 aliphatic heterocycles. The Kier molecular flexibility index (Phi) is 2.81. The molecule has 0 unspecified atom stereocenters. The molecular weight excluding hydrogens is 240 g/mol. The molecule has 2 aromatic rings. The minimum atomic E-state index is 0.516. The molecule has 1 aromatic heterocycles. The monoisotopic (exact) mass is 258 g/mol. The zero-order valence-corrected chi connectivity index (χ0v) is 11.0. The summed E-state index contributed by atoms with van der Waals surface area (Å²) in [6.45, 7) is 2.85. The molecule has 100 valence electrons. The average Bonchev–Trinajstić information content (AvgIpc) is 2.98. The van der Waals surface area contributed by atoms with E-state index in [9.17, 15) is 0 Å². The zero-order chi connectivity index (χ0) is 13.4. The largest absolute Gasteiger partial charge is 0.493 e. The van der Waals surface area contributed by atoms with Crippen LogP contribution in [0.15, 0.2) is 18.2 Å². The number of ether oxygens (including phenoxy) is 1. The van der Waals surface area contributed by atoms with Crippen LogP contribution in [0.3, 0.4) is 0 Å². The first kappa shape index (κ1) is 11.9. The minimum Gasteiger partial charge on any atom is -0.493 e. The Balaban J connectivity index is 2.04. The van der Waals surface area contributed by atoms with Crippen LogP contribution in [-0.2, 0) is 12.8 Å². The molecule has 1 aliphatic rings. The number of nitrogens with two attached hydrogens (primary N) is 2. The fourth-order valence-corrected chi connectivity index (χ4v) is 2.44. The molecule has 1 aromatic carbocycles. The second kappa shape index (κ2) is 4.50. The quantitative estimate of drug-likeness (QED) is 0.822. The number of anilines is 1. The lowest BCUT2D eigenvalue weighted by atomic mass is 10.1. The molecule has 0 radical (unpaired) electrons. The van der Waals surface area contributed by atoms with Gasteiger partial charge in [-0.25, -0.2) is 9.66 Å². The van der Waals surface area contributed by atoms with E-state index in [4.69, 9.17) is 16.3 Å². The van der Waals surface area contributed by atoms with E-state index in [-0.39, 0.29) is 0 Å². The van der Waals surface area contributed by atoms with Gasteiger partial charge in [0, 0.05) is 18.4 Å². The van der Waals surface area contributed by atoms with Crippen LogP contribution in [0, 0.1) is 0 Å². The fourth-order valence-electron chi connectivity index (χ4n) is 2.44. The van der Waals surface area contributed by atoms with Gasteiger partial charge in [0.2, 0.25) is 0 Å². The van der Waals surface area contributed by atoms with Gasteiger partial charge < -0.3 is 16.3 Å². The second-order valence-electron chi connectivity index (χ2n) is 4.80. The van der Waals surface area contributed by atoms with Crippen LogP contribution >= 0.6 is 0 Å². The number of hydrogen-bond acceptors (Lipinski definition) is 4. The van der Waals surface area contributed by atoms with E-state index in [1.54, 1.807) is 0 Å². The van der Waals surface area contributed by atoms with Crippen molar-refractivity contribution in [3.8, 4) is 17.0 Å². The summed E-state index contributed by atoms with van der Waals surface area (Å²) < 4.78 is 6.99. The second-order valence-corrected chi connectivity index (χ2v) is 4.80. The highest BCUT2D eigenvalue weighted by Crippen LogP contribution is 2.32. The van der Waals surface area contributed by atoms with Crippen molar-refractivity contribution in [3.63, 3.8) is 0 Å². The normalized spacial score (nSPS) is 13.3. The molecular formula is C14H18N4O. The van der Waals surface area contributed by atoms with Gasteiger partial charge in [0.15, 0.2) is 5.82 Å². The molecule has 2 heterocycles. The molecule has 0 spiro atoms. The van der Waals surface area contributed by atoms with Crippen LogP contribution in [0.5, 0.6) is 5.75 Å². The Labute approximate surface area is 112 Å². The van der Waals surface area contributed by atoms with E-state index < -0.39 is 0 Å². The molecule has 5 nitrogen and oxygen atoms in total. The number of hydrogen-bond donors (Lipinski definition) is 2. The van der Waals surface area contributed by atoms with E-state index in [0.717, 1.165) is 48.7 Å². The SMILES string of the molecule is CCCc1nc(-c2ccc3c(c2)CCO3)c(N)n1N. The maximum Gasteiger partial charge on any atom is 0.150 e. The lowest BCUT2D eigenvalue weighted by Gasteiger charge is -2.03. The molecule has 19 heavy (non-hydrogen) atoms. The van der Waals surface area contributed by atoms with E-state index in [0.29, 0.717) is 5.82 Å². The molecule has 0 atom stereocenters. The van der Waals surface area contributed by atoms with Crippen molar-refractivity contribution in [1.29, 1.82) is 0 Å². The first-order valence-electron chi connectivity index (χ1n) is 6.59. The predicted octanol–water partition coefficient (Wildman–Crippen LogP) is 1.73. The highest BCUT2D eigenvalue weighted by molar-refractivity contribution is 5.72. The first-order chi connectivity index (χ1) is 9.20. The van der Waals surface area contributed by atoms with Crippen LogP contribution < -0.4 is 16.3 Å².